The van der Waals surface area contributed by atoms with Crippen LogP contribution in [0.4, 0.5) is 0 Å². The third kappa shape index (κ3) is 5.93. The zero-order valence-electron chi connectivity index (χ0n) is 43.2. The smallest absolute Gasteiger partial charge is 0.457 e. The van der Waals surface area contributed by atoms with Gasteiger partial charge in [-0.05, 0) is 63.3 Å². The van der Waals surface area contributed by atoms with Crippen molar-refractivity contribution in [1.29, 1.82) is 0 Å². The van der Waals surface area contributed by atoms with Gasteiger partial charge in [-0.1, -0.05) is 106 Å². The Kier molecular flexibility index (Phi) is 7.65. The monoisotopic (exact) mass is 1070 g/mol. The summed E-state index contributed by atoms with van der Waals surface area (Å²) < 4.78 is 70.9. The molecule has 1 aliphatic carbocycles. The number of pyridine rings is 1. The molecule has 0 radical (unpaired) electrons. The Morgan fingerprint density at radius 3 is 2.07 bits per heavy atom. The molecule has 1 spiro atoms. The van der Waals surface area contributed by atoms with Crippen molar-refractivity contribution in [3.8, 4) is 56.8 Å². The van der Waals surface area contributed by atoms with E-state index in [1.165, 1.54) is 4.57 Å². The van der Waals surface area contributed by atoms with E-state index in [0.29, 0.717) is 48.9 Å². The Morgan fingerprint density at radius 1 is 0.618 bits per heavy atom. The number of hydrogen-bond donors (Lipinski definition) is 0. The molecule has 0 amide bonds. The molecule has 0 atom stereocenters. The van der Waals surface area contributed by atoms with Gasteiger partial charge >= 0.3 is 198 Å². The van der Waals surface area contributed by atoms with Crippen LogP contribution < -0.4 is 9.47 Å². The van der Waals surface area contributed by atoms with Gasteiger partial charge < -0.3 is 4.74 Å². The molecule has 13 rings (SSSR count). The minimum absolute atomic E-state index is 0.0837. The second-order valence-electron chi connectivity index (χ2n) is 18.5. The molecule has 3 aromatic heterocycles. The third-order valence-electron chi connectivity index (χ3n) is 13.7. The van der Waals surface area contributed by atoms with Crippen LogP contribution in [0.3, 0.4) is 0 Å². The number of aromatic nitrogens is 4. The molecule has 0 N–H and O–H groups in total. The van der Waals surface area contributed by atoms with Gasteiger partial charge in [0.1, 0.15) is 11.5 Å². The van der Waals surface area contributed by atoms with E-state index in [9.17, 15) is 0 Å². The Balaban J connectivity index is 1.04. The molecule has 8 aromatic carbocycles. The summed E-state index contributed by atoms with van der Waals surface area (Å²) in [7, 11) is 0. The van der Waals surface area contributed by atoms with Gasteiger partial charge in [-0.2, -0.15) is 0 Å². The van der Waals surface area contributed by atoms with Crippen molar-refractivity contribution < 1.29 is 37.1 Å². The van der Waals surface area contributed by atoms with Crippen LogP contribution in [0.15, 0.2) is 176 Å². The van der Waals surface area contributed by atoms with Crippen molar-refractivity contribution in [3.63, 3.8) is 0 Å². The standard InChI is InChI=1S/C61H44N4O2.Pt/c1-38-31-59(62-36-48(38)39-25-27-40(28-26-39)60(2,3)4)65-55-33-43(66-42-16-14-15-41(32-42)64-37-63(5)53-21-10-11-22-54(53)64)29-30-45(55)47-34-46-44-17-6-7-18-49(44)61(52(46)35-56(47)65)50-19-8-12-23-57(50)67-58-24-13-9-20-51(58)61;/h6-31,34-36H,1-5H3;/q-2;/i1D3,5D3;. The molecule has 0 unspecified atom stereocenters. The van der Waals surface area contributed by atoms with Crippen molar-refractivity contribution in [2.75, 3.05) is 0 Å². The van der Waals surface area contributed by atoms with Crippen LogP contribution in [-0.2, 0) is 37.2 Å². The van der Waals surface area contributed by atoms with Gasteiger partial charge in [-0.15, -0.1) is 0 Å². The van der Waals surface area contributed by atoms with Crippen molar-refractivity contribution in [1.82, 2.24) is 18.7 Å². The van der Waals surface area contributed by atoms with Gasteiger partial charge in [-0.25, -0.2) is 0 Å². The van der Waals surface area contributed by atoms with E-state index in [0.717, 1.165) is 72.3 Å². The molecule has 0 bridgehead atoms. The number of nitrogens with zero attached hydrogens (tertiary/aromatic N) is 4. The van der Waals surface area contributed by atoms with E-state index in [1.54, 1.807) is 24.4 Å². The molecular formula is C61H44N4O2Pt-2. The molecule has 11 aromatic rings. The topological polar surface area (TPSA) is 46.1 Å². The van der Waals surface area contributed by atoms with Gasteiger partial charge in [-0.3, -0.25) is 0 Å². The van der Waals surface area contributed by atoms with Crippen LogP contribution in [0.5, 0.6) is 23.0 Å². The summed E-state index contributed by atoms with van der Waals surface area (Å²) in [5.74, 6) is 2.72. The molecule has 68 heavy (non-hydrogen) atoms. The van der Waals surface area contributed by atoms with Crippen LogP contribution in [0.1, 0.15) is 62.4 Å². The van der Waals surface area contributed by atoms with Gasteiger partial charge in [0.25, 0.3) is 0 Å². The SMILES string of the molecule is [2H]C([2H])([2H])c1cc(-n2c3[c-]c(Oc4[c-]c(-n5[c](=[Pt])n(C([2H])([2H])[2H])c6ccccc65)ccc4)ccc3c3cc4c(cc32)C2(c3ccccc3Oc3ccccc32)c2ccccc2-4)ncc1-c1ccc(C(C)(C)C)cc1. The number of fused-ring (bicyclic) bond motifs is 13. The molecule has 0 saturated carbocycles. The van der Waals surface area contributed by atoms with Gasteiger partial charge in [0.05, 0.1) is 5.41 Å². The number of aryl methyl sites for hydroxylation is 2. The fourth-order valence-corrected chi connectivity index (χ4v) is 11.4. The summed E-state index contributed by atoms with van der Waals surface area (Å²) in [6, 6.07) is 63.2. The molecule has 332 valence electrons. The first-order valence-electron chi connectivity index (χ1n) is 25.5. The number of imidazole rings is 1. The number of para-hydroxylation sites is 4. The Hall–Kier alpha value is -7.53. The molecule has 6 nitrogen and oxygen atoms in total. The molecule has 7 heteroatoms. The Morgan fingerprint density at radius 2 is 1.32 bits per heavy atom. The van der Waals surface area contributed by atoms with Crippen LogP contribution in [0.25, 0.3) is 66.6 Å². The first-order chi connectivity index (χ1) is 35.5. The molecule has 2 aliphatic rings. The summed E-state index contributed by atoms with van der Waals surface area (Å²) in [4.78, 5) is 5.14. The minimum atomic E-state index is -2.50. The fraction of sp³-hybridized carbons (Fsp3) is 0.115. The van der Waals surface area contributed by atoms with Crippen molar-refractivity contribution >= 4 is 32.8 Å². The van der Waals surface area contributed by atoms with Crippen molar-refractivity contribution in [2.45, 2.75) is 38.5 Å². The molecule has 4 heterocycles. The van der Waals surface area contributed by atoms with E-state index < -0.39 is 19.2 Å². The summed E-state index contributed by atoms with van der Waals surface area (Å²) in [6.45, 7) is 1.54. The minimum Gasteiger partial charge on any atom is -0.457 e. The normalized spacial score (nSPS) is 15.1. The number of benzene rings is 8. The zero-order valence-corrected chi connectivity index (χ0v) is 39.4. The van der Waals surface area contributed by atoms with E-state index in [4.69, 9.17) is 22.7 Å². The van der Waals surface area contributed by atoms with E-state index in [1.807, 2.05) is 88.0 Å². The number of rotatable bonds is 5. The average molecular weight is 1070 g/mol. The molecule has 0 saturated heterocycles. The zero-order chi connectivity index (χ0) is 51.1. The maximum atomic E-state index is 8.95. The second kappa shape index (κ2) is 15.0. The van der Waals surface area contributed by atoms with Crippen LogP contribution in [-0.4, -0.2) is 18.7 Å². The number of hydrogen-bond acceptors (Lipinski definition) is 3. The summed E-state index contributed by atoms with van der Waals surface area (Å²) in [5.41, 5.74) is 11.5. The average Bonchev–Trinajstić information content (AvgIpc) is 3.99. The van der Waals surface area contributed by atoms with E-state index in [2.05, 4.69) is 125 Å². The first-order valence-corrected chi connectivity index (χ1v) is 23.7. The third-order valence-corrected chi connectivity index (χ3v) is 14.7. The first kappa shape index (κ1) is 34.7. The molecule has 0 fully saturated rings. The van der Waals surface area contributed by atoms with Crippen molar-refractivity contribution in [3.05, 3.63) is 225 Å². The predicted octanol–water partition coefficient (Wildman–Crippen LogP) is 14.7. The van der Waals surface area contributed by atoms with Gasteiger partial charge in [0, 0.05) is 27.0 Å². The summed E-state index contributed by atoms with van der Waals surface area (Å²) in [6.07, 6.45) is 1.68. The van der Waals surface area contributed by atoms with Gasteiger partial charge in [0.2, 0.25) is 0 Å². The summed E-state index contributed by atoms with van der Waals surface area (Å²) in [5, 5.41) is 1.78. The van der Waals surface area contributed by atoms with E-state index >= 15 is 0 Å². The van der Waals surface area contributed by atoms with Crippen LogP contribution in [0, 0.1) is 22.8 Å². The predicted molar refractivity (Wildman–Crippen MR) is 268 cm³/mol. The quantitative estimate of drug-likeness (QED) is 0.161. The van der Waals surface area contributed by atoms with Crippen LogP contribution >= 0.6 is 0 Å². The van der Waals surface area contributed by atoms with E-state index in [-0.39, 0.29) is 11.0 Å². The maximum absolute atomic E-state index is 8.95. The summed E-state index contributed by atoms with van der Waals surface area (Å²) >= 11 is 2.05. The Bertz CT molecular complexity index is 4150. The van der Waals surface area contributed by atoms with Gasteiger partial charge in [0.15, 0.2) is 0 Å². The Labute approximate surface area is 414 Å². The molecule has 1 aliphatic heterocycles. The van der Waals surface area contributed by atoms with Crippen molar-refractivity contribution in [2.24, 2.45) is 6.98 Å². The molecular weight excluding hydrogens is 1020 g/mol. The second-order valence-corrected chi connectivity index (χ2v) is 19.6. The fourth-order valence-electron chi connectivity index (χ4n) is 10.6. The number of ether oxygens (including phenoxy) is 2. The van der Waals surface area contributed by atoms with Crippen LogP contribution in [0.2, 0.25) is 0 Å².